The molecule has 1 amide bonds. The molecule has 1 heterocycles. The smallest absolute Gasteiger partial charge is 0.258 e. The number of hydrogen-bond donors (Lipinski definition) is 1. The minimum Gasteiger partial charge on any atom is -0.307 e. The van der Waals surface area contributed by atoms with Gasteiger partial charge in [-0.15, -0.1) is 0 Å². The first-order chi connectivity index (χ1) is 11.8. The highest BCUT2D eigenvalue weighted by Gasteiger charge is 2.24. The number of carbonyl (C=O) groups is 1. The number of aromatic nitrogens is 1. The van der Waals surface area contributed by atoms with Gasteiger partial charge in [0.1, 0.15) is 5.82 Å². The quantitative estimate of drug-likeness (QED) is 0.832. The first-order valence-corrected chi connectivity index (χ1v) is 9.66. The maximum Gasteiger partial charge on any atom is 0.258 e. The van der Waals surface area contributed by atoms with Gasteiger partial charge >= 0.3 is 0 Å². The Morgan fingerprint density at radius 2 is 1.88 bits per heavy atom. The molecule has 25 heavy (non-hydrogen) atoms. The molecule has 8 heteroatoms. The van der Waals surface area contributed by atoms with E-state index < -0.39 is 15.9 Å². The normalized spacial score (nSPS) is 11.6. The third-order valence-corrected chi connectivity index (χ3v) is 6.03. The number of rotatable bonds is 6. The largest absolute Gasteiger partial charge is 0.307 e. The topological polar surface area (TPSA) is 79.4 Å². The van der Waals surface area contributed by atoms with Crippen molar-refractivity contribution < 1.29 is 13.2 Å². The van der Waals surface area contributed by atoms with Crippen molar-refractivity contribution >= 4 is 33.3 Å². The van der Waals surface area contributed by atoms with Gasteiger partial charge < -0.3 is 5.32 Å². The van der Waals surface area contributed by atoms with E-state index in [4.69, 9.17) is 11.6 Å². The van der Waals surface area contributed by atoms with Gasteiger partial charge in [-0.25, -0.2) is 13.4 Å². The van der Waals surface area contributed by atoms with Crippen molar-refractivity contribution in [3.8, 4) is 0 Å². The second-order valence-electron chi connectivity index (χ2n) is 5.35. The summed E-state index contributed by atoms with van der Waals surface area (Å²) in [5.74, 6) is -0.141. The Morgan fingerprint density at radius 3 is 2.48 bits per heavy atom. The van der Waals surface area contributed by atoms with Crippen LogP contribution in [0.1, 0.15) is 29.9 Å². The van der Waals surface area contributed by atoms with Crippen molar-refractivity contribution in [2.45, 2.75) is 25.7 Å². The number of pyridine rings is 1. The summed E-state index contributed by atoms with van der Waals surface area (Å²) >= 11 is 6.10. The van der Waals surface area contributed by atoms with E-state index in [1.807, 2.05) is 0 Å². The Kier molecular flexibility index (Phi) is 6.16. The Bertz CT molecular complexity index is 880. The lowest BCUT2D eigenvalue weighted by Crippen LogP contribution is -2.30. The number of halogens is 1. The van der Waals surface area contributed by atoms with E-state index in [2.05, 4.69) is 10.3 Å². The number of sulfonamides is 1. The monoisotopic (exact) mass is 381 g/mol. The van der Waals surface area contributed by atoms with Gasteiger partial charge in [0.2, 0.25) is 10.0 Å². The van der Waals surface area contributed by atoms with Gasteiger partial charge in [-0.05, 0) is 37.3 Å². The third-order valence-electron chi connectivity index (χ3n) is 3.66. The van der Waals surface area contributed by atoms with Gasteiger partial charge in [0, 0.05) is 18.8 Å². The molecule has 6 nitrogen and oxygen atoms in total. The Labute approximate surface area is 152 Å². The van der Waals surface area contributed by atoms with Gasteiger partial charge in [-0.3, -0.25) is 4.79 Å². The SMILES string of the molecule is CCN(CC)S(=O)(=O)c1ccc(Cl)c(C(=O)Nc2cccc(C)n2)c1. The van der Waals surface area contributed by atoms with Crippen molar-refractivity contribution in [2.24, 2.45) is 0 Å². The van der Waals surface area contributed by atoms with Crippen molar-refractivity contribution in [3.05, 3.63) is 52.7 Å². The standard InChI is InChI=1S/C17H20ClN3O3S/c1-4-21(5-2)25(23,24)13-9-10-15(18)14(11-13)17(22)20-16-8-6-7-12(3)19-16/h6-11H,4-5H2,1-3H3,(H,19,20,22). The molecule has 2 rings (SSSR count). The van der Waals surface area contributed by atoms with E-state index in [-0.39, 0.29) is 15.5 Å². The molecular weight excluding hydrogens is 362 g/mol. The predicted octanol–water partition coefficient (Wildman–Crippen LogP) is 3.33. The molecule has 0 radical (unpaired) electrons. The number of hydrogen-bond acceptors (Lipinski definition) is 4. The lowest BCUT2D eigenvalue weighted by atomic mass is 10.2. The van der Waals surface area contributed by atoms with Crippen LogP contribution in [0, 0.1) is 6.92 Å². The van der Waals surface area contributed by atoms with Gasteiger partial charge in [-0.1, -0.05) is 31.5 Å². The summed E-state index contributed by atoms with van der Waals surface area (Å²) in [4.78, 5) is 16.7. The Hall–Kier alpha value is -1.96. The first kappa shape index (κ1) is 19.4. The molecule has 1 aromatic carbocycles. The molecule has 134 valence electrons. The number of nitrogens with one attached hydrogen (secondary N) is 1. The molecule has 0 saturated heterocycles. The molecule has 0 unspecified atom stereocenters. The minimum atomic E-state index is -3.67. The van der Waals surface area contributed by atoms with Crippen LogP contribution in [0.15, 0.2) is 41.3 Å². The third kappa shape index (κ3) is 4.36. The van der Waals surface area contributed by atoms with Crippen LogP contribution >= 0.6 is 11.6 Å². The number of aryl methyl sites for hydroxylation is 1. The summed E-state index contributed by atoms with van der Waals surface area (Å²) in [7, 11) is -3.67. The summed E-state index contributed by atoms with van der Waals surface area (Å²) in [6.07, 6.45) is 0. The number of nitrogens with zero attached hydrogens (tertiary/aromatic N) is 2. The lowest BCUT2D eigenvalue weighted by molar-refractivity contribution is 0.102. The highest BCUT2D eigenvalue weighted by Crippen LogP contribution is 2.24. The number of carbonyl (C=O) groups excluding carboxylic acids is 1. The molecule has 0 spiro atoms. The van der Waals surface area contributed by atoms with Gasteiger partial charge in [0.15, 0.2) is 0 Å². The van der Waals surface area contributed by atoms with Gasteiger partial charge in [-0.2, -0.15) is 4.31 Å². The lowest BCUT2D eigenvalue weighted by Gasteiger charge is -2.19. The number of anilines is 1. The molecule has 1 N–H and O–H groups in total. The molecular formula is C17H20ClN3O3S. The van der Waals surface area contributed by atoms with Crippen molar-refractivity contribution in [1.82, 2.24) is 9.29 Å². The summed E-state index contributed by atoms with van der Waals surface area (Å²) in [6.45, 7) is 6.01. The maximum absolute atomic E-state index is 12.6. The highest BCUT2D eigenvalue weighted by molar-refractivity contribution is 7.89. The average molecular weight is 382 g/mol. The van der Waals surface area contributed by atoms with Crippen molar-refractivity contribution in [2.75, 3.05) is 18.4 Å². The summed E-state index contributed by atoms with van der Waals surface area (Å²) < 4.78 is 26.6. The fourth-order valence-corrected chi connectivity index (χ4v) is 4.04. The van der Waals surface area contributed by atoms with E-state index >= 15 is 0 Å². The Morgan fingerprint density at radius 1 is 1.20 bits per heavy atom. The van der Waals surface area contributed by atoms with Crippen molar-refractivity contribution in [3.63, 3.8) is 0 Å². The summed E-state index contributed by atoms with van der Waals surface area (Å²) in [6, 6.07) is 9.32. The molecule has 0 aliphatic carbocycles. The molecule has 0 saturated carbocycles. The van der Waals surface area contributed by atoms with Crippen LogP contribution in [0.5, 0.6) is 0 Å². The second-order valence-corrected chi connectivity index (χ2v) is 7.69. The zero-order chi connectivity index (χ0) is 18.6. The maximum atomic E-state index is 12.6. The summed E-state index contributed by atoms with van der Waals surface area (Å²) in [5, 5.41) is 2.80. The molecule has 0 bridgehead atoms. The molecule has 1 aromatic heterocycles. The van der Waals surface area contributed by atoms with E-state index in [1.165, 1.54) is 22.5 Å². The van der Waals surface area contributed by atoms with Crippen LogP contribution in [-0.2, 0) is 10.0 Å². The zero-order valence-corrected chi connectivity index (χ0v) is 15.9. The van der Waals surface area contributed by atoms with Gasteiger partial charge in [0.05, 0.1) is 15.5 Å². The highest BCUT2D eigenvalue weighted by atomic mass is 35.5. The van der Waals surface area contributed by atoms with Crippen LogP contribution in [0.25, 0.3) is 0 Å². The predicted molar refractivity (Wildman–Crippen MR) is 98.5 cm³/mol. The van der Waals surface area contributed by atoms with Gasteiger partial charge in [0.25, 0.3) is 5.91 Å². The van der Waals surface area contributed by atoms with E-state index in [0.717, 1.165) is 5.69 Å². The first-order valence-electron chi connectivity index (χ1n) is 7.84. The van der Waals surface area contributed by atoms with Crippen LogP contribution in [-0.4, -0.2) is 36.7 Å². The average Bonchev–Trinajstić information content (AvgIpc) is 2.55. The van der Waals surface area contributed by atoms with E-state index in [9.17, 15) is 13.2 Å². The second kappa shape index (κ2) is 7.95. The molecule has 0 atom stereocenters. The minimum absolute atomic E-state index is 0.0305. The molecule has 0 aliphatic rings. The molecule has 0 fully saturated rings. The summed E-state index contributed by atoms with van der Waals surface area (Å²) in [5.41, 5.74) is 0.833. The van der Waals surface area contributed by atoms with E-state index in [0.29, 0.717) is 18.9 Å². The van der Waals surface area contributed by atoms with Crippen LogP contribution < -0.4 is 5.32 Å². The Balaban J connectivity index is 2.37. The molecule has 2 aromatic rings. The number of benzene rings is 1. The zero-order valence-electron chi connectivity index (χ0n) is 14.3. The van der Waals surface area contributed by atoms with Crippen molar-refractivity contribution in [1.29, 1.82) is 0 Å². The molecule has 0 aliphatic heterocycles. The number of amides is 1. The fourth-order valence-electron chi connectivity index (χ4n) is 2.35. The van der Waals surface area contributed by atoms with Crippen LogP contribution in [0.3, 0.4) is 0 Å². The van der Waals surface area contributed by atoms with Crippen LogP contribution in [0.4, 0.5) is 5.82 Å². The van der Waals surface area contributed by atoms with Crippen LogP contribution in [0.2, 0.25) is 5.02 Å². The van der Waals surface area contributed by atoms with E-state index in [1.54, 1.807) is 39.0 Å². The fraction of sp³-hybridized carbons (Fsp3) is 0.294.